The van der Waals surface area contributed by atoms with Gasteiger partial charge in [-0.25, -0.2) is 5.43 Å². The first-order chi connectivity index (χ1) is 15.5. The third-order valence-corrected chi connectivity index (χ3v) is 5.21. The summed E-state index contributed by atoms with van der Waals surface area (Å²) in [5.74, 6) is -2.34. The minimum atomic E-state index is -4.71. The lowest BCUT2D eigenvalue weighted by atomic mass is 10.2. The van der Waals surface area contributed by atoms with Gasteiger partial charge in [-0.1, -0.05) is 29.3 Å². The SMILES string of the molecule is Cc1cc(/C=N\NC(=O)C(=O)Nc2ccc(Cl)c(C(F)(F)F)c2)c(C)n1-c1cccc(Cl)c1. The van der Waals surface area contributed by atoms with E-state index in [1.807, 2.05) is 36.6 Å². The molecule has 2 amide bonds. The van der Waals surface area contributed by atoms with Crippen molar-refractivity contribution in [3.05, 3.63) is 81.1 Å². The number of amides is 2. The van der Waals surface area contributed by atoms with Crippen LogP contribution in [0.4, 0.5) is 18.9 Å². The molecule has 3 aromatic rings. The molecule has 0 aliphatic rings. The number of aryl methyl sites for hydroxylation is 1. The van der Waals surface area contributed by atoms with Gasteiger partial charge in [-0.15, -0.1) is 0 Å². The van der Waals surface area contributed by atoms with Crippen LogP contribution in [0.5, 0.6) is 0 Å². The molecule has 0 saturated heterocycles. The number of hydrogen-bond donors (Lipinski definition) is 2. The van der Waals surface area contributed by atoms with Crippen molar-refractivity contribution in [3.8, 4) is 5.69 Å². The summed E-state index contributed by atoms with van der Waals surface area (Å²) in [5, 5.41) is 5.91. The normalized spacial score (nSPS) is 11.6. The molecule has 0 radical (unpaired) electrons. The molecule has 3 rings (SSSR count). The van der Waals surface area contributed by atoms with Gasteiger partial charge >= 0.3 is 18.0 Å². The minimum absolute atomic E-state index is 0.235. The molecule has 0 spiro atoms. The lowest BCUT2D eigenvalue weighted by molar-refractivity contribution is -0.137. The van der Waals surface area contributed by atoms with Gasteiger partial charge in [0.25, 0.3) is 0 Å². The molecule has 0 fully saturated rings. The van der Waals surface area contributed by atoms with Crippen molar-refractivity contribution in [1.29, 1.82) is 0 Å². The van der Waals surface area contributed by atoms with Gasteiger partial charge < -0.3 is 9.88 Å². The van der Waals surface area contributed by atoms with E-state index in [9.17, 15) is 22.8 Å². The lowest BCUT2D eigenvalue weighted by Crippen LogP contribution is -2.32. The summed E-state index contributed by atoms with van der Waals surface area (Å²) in [6.45, 7) is 3.74. The fourth-order valence-corrected chi connectivity index (χ4v) is 3.56. The number of nitrogens with one attached hydrogen (secondary N) is 2. The number of hydrogen-bond acceptors (Lipinski definition) is 3. The fraction of sp³-hybridized carbons (Fsp3) is 0.136. The van der Waals surface area contributed by atoms with Gasteiger partial charge in [0, 0.05) is 33.3 Å². The molecule has 172 valence electrons. The number of anilines is 1. The predicted octanol–water partition coefficient (Wildman–Crippen LogP) is 5.51. The van der Waals surface area contributed by atoms with Crippen LogP contribution in [0.1, 0.15) is 22.5 Å². The zero-order chi connectivity index (χ0) is 24.3. The summed E-state index contributed by atoms with van der Waals surface area (Å²) in [6.07, 6.45) is -3.35. The number of carbonyl (C=O) groups excluding carboxylic acids is 2. The largest absolute Gasteiger partial charge is 0.417 e. The van der Waals surface area contributed by atoms with Crippen LogP contribution in [0, 0.1) is 13.8 Å². The third kappa shape index (κ3) is 5.74. The molecule has 0 atom stereocenters. The number of nitrogens with zero attached hydrogens (tertiary/aromatic N) is 2. The molecule has 1 heterocycles. The van der Waals surface area contributed by atoms with E-state index in [-0.39, 0.29) is 5.69 Å². The molecule has 33 heavy (non-hydrogen) atoms. The monoisotopic (exact) mass is 496 g/mol. The average Bonchev–Trinajstić information content (AvgIpc) is 3.01. The number of hydrazone groups is 1. The molecule has 2 N–H and O–H groups in total. The first kappa shape index (κ1) is 24.3. The van der Waals surface area contributed by atoms with Crippen LogP contribution in [-0.2, 0) is 15.8 Å². The van der Waals surface area contributed by atoms with Crippen molar-refractivity contribution >= 4 is 46.9 Å². The zero-order valence-corrected chi connectivity index (χ0v) is 18.8. The Hall–Kier alpha value is -3.30. The molecule has 6 nitrogen and oxygen atoms in total. The van der Waals surface area contributed by atoms with E-state index in [2.05, 4.69) is 15.8 Å². The van der Waals surface area contributed by atoms with E-state index < -0.39 is 28.6 Å². The Morgan fingerprint density at radius 2 is 1.76 bits per heavy atom. The van der Waals surface area contributed by atoms with Crippen molar-refractivity contribution in [3.63, 3.8) is 0 Å². The molecule has 0 unspecified atom stereocenters. The smallest absolute Gasteiger partial charge is 0.318 e. The molecule has 0 aliphatic carbocycles. The van der Waals surface area contributed by atoms with Gasteiger partial charge in [0.2, 0.25) is 0 Å². The number of benzene rings is 2. The molecule has 11 heteroatoms. The summed E-state index contributed by atoms with van der Waals surface area (Å²) in [4.78, 5) is 24.0. The third-order valence-electron chi connectivity index (χ3n) is 4.64. The zero-order valence-electron chi connectivity index (χ0n) is 17.3. The van der Waals surface area contributed by atoms with Crippen LogP contribution in [0.2, 0.25) is 10.0 Å². The summed E-state index contributed by atoms with van der Waals surface area (Å²) < 4.78 is 40.8. The highest BCUT2D eigenvalue weighted by atomic mass is 35.5. The van der Waals surface area contributed by atoms with Crippen LogP contribution in [-0.4, -0.2) is 22.6 Å². The van der Waals surface area contributed by atoms with Gasteiger partial charge in [0.1, 0.15) is 0 Å². The van der Waals surface area contributed by atoms with E-state index >= 15 is 0 Å². The van der Waals surface area contributed by atoms with Crippen LogP contribution >= 0.6 is 23.2 Å². The summed E-state index contributed by atoms with van der Waals surface area (Å²) in [5.41, 5.74) is 3.93. The Morgan fingerprint density at radius 3 is 2.42 bits per heavy atom. The molecular formula is C22H17Cl2F3N4O2. The van der Waals surface area contributed by atoms with Gasteiger partial charge in [0.15, 0.2) is 0 Å². The Balaban J connectivity index is 1.68. The van der Waals surface area contributed by atoms with Crippen molar-refractivity contribution in [2.24, 2.45) is 5.10 Å². The second-order valence-electron chi connectivity index (χ2n) is 6.99. The topological polar surface area (TPSA) is 75.5 Å². The quantitative estimate of drug-likeness (QED) is 0.284. The van der Waals surface area contributed by atoms with Crippen molar-refractivity contribution in [2.75, 3.05) is 5.32 Å². The highest BCUT2D eigenvalue weighted by Gasteiger charge is 2.33. The van der Waals surface area contributed by atoms with Gasteiger partial charge in [-0.3, -0.25) is 9.59 Å². The Bertz CT molecular complexity index is 1250. The van der Waals surface area contributed by atoms with Crippen LogP contribution in [0.25, 0.3) is 5.69 Å². The summed E-state index contributed by atoms with van der Waals surface area (Å²) in [7, 11) is 0. The van der Waals surface area contributed by atoms with E-state index in [0.29, 0.717) is 16.7 Å². The Morgan fingerprint density at radius 1 is 1.03 bits per heavy atom. The maximum absolute atomic E-state index is 12.9. The highest BCUT2D eigenvalue weighted by molar-refractivity contribution is 6.39. The van der Waals surface area contributed by atoms with Crippen LogP contribution in [0.15, 0.2) is 53.6 Å². The molecular weight excluding hydrogens is 480 g/mol. The molecule has 0 aliphatic heterocycles. The summed E-state index contributed by atoms with van der Waals surface area (Å²) in [6, 6.07) is 11.9. The van der Waals surface area contributed by atoms with Gasteiger partial charge in [-0.05, 0) is 56.3 Å². The first-order valence-electron chi connectivity index (χ1n) is 9.43. The molecule has 0 bridgehead atoms. The fourth-order valence-electron chi connectivity index (χ4n) is 3.15. The maximum Gasteiger partial charge on any atom is 0.417 e. The molecule has 1 aromatic heterocycles. The van der Waals surface area contributed by atoms with Gasteiger partial charge in [-0.2, -0.15) is 18.3 Å². The van der Waals surface area contributed by atoms with E-state index in [1.54, 1.807) is 12.1 Å². The molecule has 2 aromatic carbocycles. The number of aromatic nitrogens is 1. The second-order valence-corrected chi connectivity index (χ2v) is 7.83. The van der Waals surface area contributed by atoms with Crippen LogP contribution in [0.3, 0.4) is 0 Å². The van der Waals surface area contributed by atoms with Crippen molar-refractivity contribution in [1.82, 2.24) is 9.99 Å². The average molecular weight is 497 g/mol. The second kappa shape index (κ2) is 9.68. The standard InChI is InChI=1S/C22H17Cl2F3N4O2/c1-12-8-14(13(2)31(12)17-5-3-4-15(23)9-17)11-28-30-21(33)20(32)29-16-6-7-19(24)18(10-16)22(25,26)27/h3-11H,1-2H3,(H,29,32)(H,30,33)/b28-11-. The van der Waals surface area contributed by atoms with E-state index in [0.717, 1.165) is 29.2 Å². The predicted molar refractivity (Wildman–Crippen MR) is 121 cm³/mol. The van der Waals surface area contributed by atoms with Crippen LogP contribution < -0.4 is 10.7 Å². The maximum atomic E-state index is 12.9. The van der Waals surface area contributed by atoms with Crippen molar-refractivity contribution < 1.29 is 22.8 Å². The van der Waals surface area contributed by atoms with Gasteiger partial charge in [0.05, 0.1) is 16.8 Å². The first-order valence-corrected chi connectivity index (χ1v) is 10.2. The highest BCUT2D eigenvalue weighted by Crippen LogP contribution is 2.36. The lowest BCUT2D eigenvalue weighted by Gasteiger charge is -2.11. The number of alkyl halides is 3. The summed E-state index contributed by atoms with van der Waals surface area (Å²) >= 11 is 11.6. The Labute approximate surface area is 197 Å². The van der Waals surface area contributed by atoms with E-state index in [4.69, 9.17) is 23.2 Å². The number of halogens is 5. The molecule has 0 saturated carbocycles. The number of carbonyl (C=O) groups is 2. The van der Waals surface area contributed by atoms with Crippen molar-refractivity contribution in [2.45, 2.75) is 20.0 Å². The minimum Gasteiger partial charge on any atom is -0.318 e. The Kier molecular flexibility index (Phi) is 7.14. The van der Waals surface area contributed by atoms with E-state index in [1.165, 1.54) is 6.21 Å². The number of rotatable bonds is 4.